The van der Waals surface area contributed by atoms with Gasteiger partial charge in [-0.1, -0.05) is 121 Å². The van der Waals surface area contributed by atoms with Crippen LogP contribution in [0.25, 0.3) is 0 Å². The van der Waals surface area contributed by atoms with E-state index in [1.807, 2.05) is 0 Å². The molecule has 0 amide bonds. The van der Waals surface area contributed by atoms with Gasteiger partial charge in [-0.15, -0.1) is 0 Å². The molecule has 49 heavy (non-hydrogen) atoms. The molecule has 0 unspecified atom stereocenters. The van der Waals surface area contributed by atoms with E-state index < -0.39 is 31.3 Å². The van der Waals surface area contributed by atoms with E-state index in [-0.39, 0.29) is 39.5 Å². The average molecular weight is 787 g/mol. The molecule has 0 radical (unpaired) electrons. The van der Waals surface area contributed by atoms with E-state index >= 15 is 0 Å². The summed E-state index contributed by atoms with van der Waals surface area (Å²) in [5.74, 6) is 0. The van der Waals surface area contributed by atoms with Crippen LogP contribution in [0.2, 0.25) is 0 Å². The van der Waals surface area contributed by atoms with E-state index in [9.17, 15) is 26.3 Å². The molecule has 0 aliphatic carbocycles. The number of hydrogen-bond donors (Lipinski definition) is 2. The van der Waals surface area contributed by atoms with Gasteiger partial charge in [0.05, 0.1) is 12.1 Å². The standard InChI is InChI=1S/C28H28N2.2CHF3O3S.Ni.2H2O/c1-5-13-23(14-6-1)21-29-27(25-17-9-3-10-18-25)28(26-19-11-4-12-20-26)30-22-24-15-7-2-8-16-24;2*2-1(3,4)8(5,6)7;;;/h1-20,27-30H,21-22H2;2*(H,5,6,7);;2*1H2/q;;;+2;;/t27-,28-;;;;;/m0...../s1. The van der Waals surface area contributed by atoms with Crippen molar-refractivity contribution in [2.45, 2.75) is 36.2 Å². The summed E-state index contributed by atoms with van der Waals surface area (Å²) in [6.45, 7) is 1.63. The summed E-state index contributed by atoms with van der Waals surface area (Å²) >= 11 is 0. The summed E-state index contributed by atoms with van der Waals surface area (Å²) in [5, 5.41) is 7.65. The molecule has 19 heteroatoms. The number of alkyl halides is 6. The Morgan fingerprint density at radius 3 is 0.898 bits per heavy atom. The van der Waals surface area contributed by atoms with Gasteiger partial charge in [0.25, 0.3) is 0 Å². The SMILES string of the molecule is O=S(=O)([O-])C(F)(F)F.O=S(=O)([O-])C(F)(F)F.[Ni+2].[OH3+].[OH3+].c1ccc(CN[C@@H](c2ccccc2)[C@@H](NCc2ccccc2)c2ccccc2)cc1. The molecular weight excluding hydrogens is 753 g/mol. The van der Waals surface area contributed by atoms with Crippen molar-refractivity contribution in [3.63, 3.8) is 0 Å². The molecule has 274 valence electrons. The van der Waals surface area contributed by atoms with Gasteiger partial charge in [0, 0.05) is 13.1 Å². The van der Waals surface area contributed by atoms with Crippen LogP contribution in [0.3, 0.4) is 0 Å². The fourth-order valence-electron chi connectivity index (χ4n) is 3.82. The molecule has 4 aromatic rings. The zero-order valence-electron chi connectivity index (χ0n) is 25.1. The molecule has 2 atom stereocenters. The Labute approximate surface area is 289 Å². The van der Waals surface area contributed by atoms with Crippen LogP contribution >= 0.6 is 0 Å². The second-order valence-corrected chi connectivity index (χ2v) is 12.1. The number of benzene rings is 4. The van der Waals surface area contributed by atoms with Crippen LogP contribution in [-0.2, 0) is 60.8 Å². The topological polar surface area (TPSA) is 204 Å². The van der Waals surface area contributed by atoms with Crippen LogP contribution in [0.5, 0.6) is 0 Å². The van der Waals surface area contributed by atoms with Crippen molar-refractivity contribution in [1.82, 2.24) is 10.6 Å². The molecule has 0 aromatic heterocycles. The predicted molar refractivity (Wildman–Crippen MR) is 166 cm³/mol. The molecule has 0 aliphatic heterocycles. The first-order valence-electron chi connectivity index (χ1n) is 13.1. The maximum Gasteiger partial charge on any atom is 2.00 e. The zero-order valence-corrected chi connectivity index (χ0v) is 27.7. The van der Waals surface area contributed by atoms with Crippen LogP contribution in [0.15, 0.2) is 121 Å². The third-order valence-corrected chi connectivity index (χ3v) is 7.09. The predicted octanol–water partition coefficient (Wildman–Crippen LogP) is 4.31. The van der Waals surface area contributed by atoms with Gasteiger partial charge in [-0.05, 0) is 22.3 Å². The summed E-state index contributed by atoms with van der Waals surface area (Å²) in [6, 6.07) is 42.9. The van der Waals surface area contributed by atoms with Gasteiger partial charge < -0.3 is 30.7 Å². The van der Waals surface area contributed by atoms with Crippen molar-refractivity contribution >= 4 is 20.2 Å². The monoisotopic (exact) mass is 786 g/mol. The van der Waals surface area contributed by atoms with Crippen molar-refractivity contribution in [2.24, 2.45) is 0 Å². The largest absolute Gasteiger partial charge is 2.00 e. The summed E-state index contributed by atoms with van der Waals surface area (Å²) in [7, 11) is -12.2. The summed E-state index contributed by atoms with van der Waals surface area (Å²) < 4.78 is 118. The van der Waals surface area contributed by atoms with Crippen molar-refractivity contribution in [1.29, 1.82) is 0 Å². The third kappa shape index (κ3) is 17.2. The molecule has 8 N–H and O–H groups in total. The molecule has 0 aliphatic rings. The van der Waals surface area contributed by atoms with E-state index in [4.69, 9.17) is 25.9 Å². The second-order valence-electron chi connectivity index (χ2n) is 9.31. The Kier molecular flexibility index (Phi) is 21.1. The minimum Gasteiger partial charge on any atom is -0.741 e. The van der Waals surface area contributed by atoms with Crippen LogP contribution in [0, 0.1) is 0 Å². The fourth-order valence-corrected chi connectivity index (χ4v) is 3.82. The fraction of sp³-hybridized carbons (Fsp3) is 0.200. The first-order valence-corrected chi connectivity index (χ1v) is 15.9. The quantitative estimate of drug-likeness (QED) is 0.0821. The van der Waals surface area contributed by atoms with Crippen molar-refractivity contribution < 1.29 is 79.7 Å². The van der Waals surface area contributed by atoms with Gasteiger partial charge in [0.1, 0.15) is 0 Å². The maximum atomic E-state index is 10.7. The minimum absolute atomic E-state index is 0. The first kappa shape index (κ1) is 47.7. The van der Waals surface area contributed by atoms with Crippen LogP contribution in [-0.4, -0.2) is 37.0 Å². The molecule has 0 saturated heterocycles. The third-order valence-electron chi connectivity index (χ3n) is 5.96. The maximum absolute atomic E-state index is 10.7. The van der Waals surface area contributed by atoms with E-state index in [2.05, 4.69) is 132 Å². The molecule has 10 nitrogen and oxygen atoms in total. The van der Waals surface area contributed by atoms with Crippen LogP contribution < -0.4 is 10.6 Å². The van der Waals surface area contributed by atoms with E-state index in [1.165, 1.54) is 22.3 Å². The van der Waals surface area contributed by atoms with E-state index in [0.29, 0.717) is 0 Å². The Hall–Kier alpha value is -3.39. The van der Waals surface area contributed by atoms with Gasteiger partial charge in [0.2, 0.25) is 0 Å². The molecule has 4 aromatic carbocycles. The molecule has 0 heterocycles. The average Bonchev–Trinajstić information content (AvgIpc) is 2.99. The van der Waals surface area contributed by atoms with Gasteiger partial charge in [-0.25, -0.2) is 16.8 Å². The number of rotatable bonds is 9. The summed E-state index contributed by atoms with van der Waals surface area (Å²) in [5.41, 5.74) is -6.16. The first-order chi connectivity index (χ1) is 21.4. The number of hydrogen-bond acceptors (Lipinski definition) is 8. The minimum atomic E-state index is -6.09. The Morgan fingerprint density at radius 1 is 0.490 bits per heavy atom. The van der Waals surface area contributed by atoms with Crippen molar-refractivity contribution in [3.05, 3.63) is 144 Å². The van der Waals surface area contributed by atoms with Gasteiger partial charge in [-0.2, -0.15) is 26.3 Å². The Morgan fingerprint density at radius 2 is 0.694 bits per heavy atom. The van der Waals surface area contributed by atoms with Gasteiger partial charge in [0.15, 0.2) is 20.2 Å². The van der Waals surface area contributed by atoms with Crippen molar-refractivity contribution in [2.75, 3.05) is 0 Å². The zero-order chi connectivity index (χ0) is 34.4. The normalized spacial score (nSPS) is 12.5. The van der Waals surface area contributed by atoms with Gasteiger partial charge in [-0.3, -0.25) is 0 Å². The van der Waals surface area contributed by atoms with E-state index in [1.54, 1.807) is 0 Å². The van der Waals surface area contributed by atoms with Gasteiger partial charge >= 0.3 is 27.5 Å². The van der Waals surface area contributed by atoms with E-state index in [0.717, 1.165) is 13.1 Å². The summed E-state index contributed by atoms with van der Waals surface area (Å²) in [6.07, 6.45) is 0. The molecule has 0 saturated carbocycles. The second kappa shape index (κ2) is 21.6. The molecule has 4 rings (SSSR count). The number of nitrogens with one attached hydrogen (secondary N) is 2. The number of halogens is 6. The summed E-state index contributed by atoms with van der Waals surface area (Å²) in [4.78, 5) is 0. The molecular formula is C30H34F6N2NiO8S2+2. The smallest absolute Gasteiger partial charge is 0.741 e. The molecule has 0 fully saturated rings. The van der Waals surface area contributed by atoms with Crippen molar-refractivity contribution in [3.8, 4) is 0 Å². The van der Waals surface area contributed by atoms with Crippen LogP contribution in [0.1, 0.15) is 34.3 Å². The molecule has 0 spiro atoms. The Balaban J connectivity index is 0. The Bertz CT molecular complexity index is 1550. The molecule has 0 bridgehead atoms. The van der Waals surface area contributed by atoms with Crippen LogP contribution in [0.4, 0.5) is 26.3 Å².